The second kappa shape index (κ2) is 6.83. The van der Waals surface area contributed by atoms with Gasteiger partial charge in [0.1, 0.15) is 5.56 Å². The van der Waals surface area contributed by atoms with Gasteiger partial charge in [-0.1, -0.05) is 11.2 Å². The number of benzene rings is 1. The maximum absolute atomic E-state index is 12.7. The molecule has 1 aromatic carbocycles. The predicted octanol–water partition coefficient (Wildman–Crippen LogP) is 2.77. The average Bonchev–Trinajstić information content (AvgIpc) is 2.85. The molecule has 0 fully saturated rings. The minimum absolute atomic E-state index is 0.0802. The van der Waals surface area contributed by atoms with Crippen LogP contribution in [0.5, 0.6) is 0 Å². The van der Waals surface area contributed by atoms with Gasteiger partial charge in [0, 0.05) is 5.69 Å². The molecule has 10 heteroatoms. The third-order valence-electron chi connectivity index (χ3n) is 3.20. The Morgan fingerprint density at radius 2 is 2.04 bits per heavy atom. The predicted molar refractivity (Wildman–Crippen MR) is 80.6 cm³/mol. The molecule has 1 amide bonds. The third kappa shape index (κ3) is 4.28. The average molecular weight is 357 g/mol. The van der Waals surface area contributed by atoms with E-state index in [1.54, 1.807) is 0 Å². The Hall–Kier alpha value is -3.04. The van der Waals surface area contributed by atoms with Crippen LogP contribution < -0.4 is 11.1 Å². The van der Waals surface area contributed by atoms with E-state index in [9.17, 15) is 22.8 Å². The van der Waals surface area contributed by atoms with E-state index in [4.69, 9.17) is 10.5 Å². The number of aryl methyl sites for hydroxylation is 1. The highest BCUT2D eigenvalue weighted by Gasteiger charge is 2.31. The highest BCUT2D eigenvalue weighted by Crippen LogP contribution is 2.30. The number of nitrogen functional groups attached to an aromatic ring is 1. The number of carbonyl (C=O) groups excluding carboxylic acids is 2. The van der Waals surface area contributed by atoms with Gasteiger partial charge in [0.2, 0.25) is 5.88 Å². The maximum atomic E-state index is 12.7. The fourth-order valence-electron chi connectivity index (χ4n) is 1.93. The molecule has 25 heavy (non-hydrogen) atoms. The van der Waals surface area contributed by atoms with Crippen molar-refractivity contribution in [1.29, 1.82) is 0 Å². The molecule has 0 bridgehead atoms. The molecule has 2 rings (SSSR count). The molecule has 3 N–H and O–H groups in total. The Morgan fingerprint density at radius 3 is 2.60 bits per heavy atom. The van der Waals surface area contributed by atoms with Crippen LogP contribution in [-0.4, -0.2) is 23.1 Å². The molecule has 0 aliphatic rings. The van der Waals surface area contributed by atoms with Gasteiger partial charge in [-0.3, -0.25) is 4.79 Å². The molecule has 2 aromatic rings. The van der Waals surface area contributed by atoms with E-state index in [2.05, 4.69) is 15.0 Å². The zero-order chi connectivity index (χ0) is 18.8. The first-order valence-electron chi connectivity index (χ1n) is 7.00. The van der Waals surface area contributed by atoms with Crippen LogP contribution in [0, 0.1) is 6.92 Å². The van der Waals surface area contributed by atoms with Gasteiger partial charge in [-0.2, -0.15) is 13.2 Å². The summed E-state index contributed by atoms with van der Waals surface area (Å²) < 4.78 is 47.5. The van der Waals surface area contributed by atoms with E-state index in [0.29, 0.717) is 0 Å². The minimum atomic E-state index is -4.54. The van der Waals surface area contributed by atoms with Crippen molar-refractivity contribution >= 4 is 23.4 Å². The van der Waals surface area contributed by atoms with Gasteiger partial charge in [0.25, 0.3) is 5.91 Å². The summed E-state index contributed by atoms with van der Waals surface area (Å²) in [4.78, 5) is 24.0. The van der Waals surface area contributed by atoms with E-state index < -0.39 is 29.7 Å². The summed E-state index contributed by atoms with van der Waals surface area (Å²) in [7, 11) is 0. The number of rotatable bonds is 4. The molecule has 7 nitrogen and oxygen atoms in total. The number of nitrogens with two attached hydrogens (primary N) is 1. The Labute approximate surface area is 139 Å². The second-order valence-corrected chi connectivity index (χ2v) is 5.12. The Kier molecular flexibility index (Phi) is 5.00. The van der Waals surface area contributed by atoms with Crippen LogP contribution in [0.3, 0.4) is 0 Å². The van der Waals surface area contributed by atoms with Crippen LogP contribution in [0.2, 0.25) is 0 Å². The van der Waals surface area contributed by atoms with Crippen molar-refractivity contribution in [2.75, 3.05) is 11.1 Å². The number of hydrogen-bond acceptors (Lipinski definition) is 6. The SMILES string of the molecule is Cc1noc(N)c1C(=O)O[C@@H](C)C(=O)Nc1cccc(C(F)(F)F)c1. The molecular weight excluding hydrogens is 343 g/mol. The highest BCUT2D eigenvalue weighted by atomic mass is 19.4. The van der Waals surface area contributed by atoms with E-state index in [-0.39, 0.29) is 22.8 Å². The van der Waals surface area contributed by atoms with E-state index in [1.165, 1.54) is 19.9 Å². The van der Waals surface area contributed by atoms with E-state index in [1.807, 2.05) is 0 Å². The number of carbonyl (C=O) groups is 2. The standard InChI is InChI=1S/C15H14F3N3O4/c1-7-11(12(19)25-21-7)14(23)24-8(2)13(22)20-10-5-3-4-9(6-10)15(16,17)18/h3-6,8H,19H2,1-2H3,(H,20,22)/t8-/m0/s1. The lowest BCUT2D eigenvalue weighted by Gasteiger charge is -2.14. The molecule has 1 heterocycles. The molecule has 0 aliphatic carbocycles. The molecule has 1 atom stereocenters. The summed E-state index contributed by atoms with van der Waals surface area (Å²) in [5, 5.41) is 5.73. The first-order valence-corrected chi connectivity index (χ1v) is 7.00. The molecule has 0 radical (unpaired) electrons. The Balaban J connectivity index is 2.05. The first-order chi connectivity index (χ1) is 11.6. The lowest BCUT2D eigenvalue weighted by Crippen LogP contribution is -2.30. The van der Waals surface area contributed by atoms with Crippen molar-refractivity contribution in [1.82, 2.24) is 5.16 Å². The summed E-state index contributed by atoms with van der Waals surface area (Å²) in [6.45, 7) is 2.73. The number of ether oxygens (including phenoxy) is 1. The fraction of sp³-hybridized carbons (Fsp3) is 0.267. The zero-order valence-electron chi connectivity index (χ0n) is 13.2. The molecule has 1 aromatic heterocycles. The summed E-state index contributed by atoms with van der Waals surface area (Å²) in [5.74, 6) is -1.99. The molecule has 0 unspecified atom stereocenters. The van der Waals surface area contributed by atoms with Crippen LogP contribution in [0.4, 0.5) is 24.7 Å². The van der Waals surface area contributed by atoms with Gasteiger partial charge in [-0.05, 0) is 32.0 Å². The molecule has 0 aliphatic heterocycles. The molecule has 0 saturated carbocycles. The summed E-state index contributed by atoms with van der Waals surface area (Å²) >= 11 is 0. The largest absolute Gasteiger partial charge is 0.449 e. The lowest BCUT2D eigenvalue weighted by molar-refractivity contribution is -0.137. The first kappa shape index (κ1) is 18.3. The van der Waals surface area contributed by atoms with Crippen molar-refractivity contribution in [3.8, 4) is 0 Å². The van der Waals surface area contributed by atoms with Crippen LogP contribution in [0.1, 0.15) is 28.5 Å². The van der Waals surface area contributed by atoms with Gasteiger partial charge < -0.3 is 20.3 Å². The van der Waals surface area contributed by atoms with Gasteiger partial charge in [0.05, 0.1) is 11.3 Å². The number of halogens is 3. The number of hydrogen-bond donors (Lipinski definition) is 2. The topological polar surface area (TPSA) is 107 Å². The minimum Gasteiger partial charge on any atom is -0.449 e. The summed E-state index contributed by atoms with van der Waals surface area (Å²) in [6, 6.07) is 4.07. The van der Waals surface area contributed by atoms with E-state index >= 15 is 0 Å². The van der Waals surface area contributed by atoms with Gasteiger partial charge in [0.15, 0.2) is 6.10 Å². The number of amides is 1. The highest BCUT2D eigenvalue weighted by molar-refractivity contribution is 5.99. The zero-order valence-corrected chi connectivity index (χ0v) is 13.2. The molecule has 0 spiro atoms. The molecule has 0 saturated heterocycles. The number of alkyl halides is 3. The summed E-state index contributed by atoms with van der Waals surface area (Å²) in [5.41, 5.74) is 4.52. The molecular formula is C15H14F3N3O4. The molecule has 134 valence electrons. The van der Waals surface area contributed by atoms with Crippen LogP contribution >= 0.6 is 0 Å². The quantitative estimate of drug-likeness (QED) is 0.815. The smallest absolute Gasteiger partial charge is 0.416 e. The van der Waals surface area contributed by atoms with Crippen molar-refractivity contribution in [2.24, 2.45) is 0 Å². The van der Waals surface area contributed by atoms with Crippen molar-refractivity contribution in [2.45, 2.75) is 26.1 Å². The van der Waals surface area contributed by atoms with Crippen LogP contribution in [0.15, 0.2) is 28.8 Å². The monoisotopic (exact) mass is 357 g/mol. The summed E-state index contributed by atoms with van der Waals surface area (Å²) in [6.07, 6.45) is -5.82. The number of aromatic nitrogens is 1. The number of esters is 1. The number of nitrogens with zero attached hydrogens (tertiary/aromatic N) is 1. The maximum Gasteiger partial charge on any atom is 0.416 e. The normalized spacial score (nSPS) is 12.5. The Morgan fingerprint density at radius 1 is 1.36 bits per heavy atom. The van der Waals surface area contributed by atoms with Crippen molar-refractivity contribution in [3.63, 3.8) is 0 Å². The number of nitrogens with one attached hydrogen (secondary N) is 1. The van der Waals surface area contributed by atoms with Crippen LogP contribution in [0.25, 0.3) is 0 Å². The fourth-order valence-corrected chi connectivity index (χ4v) is 1.93. The van der Waals surface area contributed by atoms with Gasteiger partial charge in [-0.25, -0.2) is 4.79 Å². The van der Waals surface area contributed by atoms with Crippen molar-refractivity contribution < 1.29 is 32.0 Å². The Bertz CT molecular complexity index is 782. The van der Waals surface area contributed by atoms with Gasteiger partial charge in [-0.15, -0.1) is 0 Å². The van der Waals surface area contributed by atoms with Gasteiger partial charge >= 0.3 is 12.1 Å². The third-order valence-corrected chi connectivity index (χ3v) is 3.20. The number of anilines is 2. The van der Waals surface area contributed by atoms with E-state index in [0.717, 1.165) is 18.2 Å². The van der Waals surface area contributed by atoms with Crippen LogP contribution in [-0.2, 0) is 15.7 Å². The second-order valence-electron chi connectivity index (χ2n) is 5.12. The van der Waals surface area contributed by atoms with Crippen molar-refractivity contribution in [3.05, 3.63) is 41.1 Å². The lowest BCUT2D eigenvalue weighted by atomic mass is 10.2.